The lowest BCUT2D eigenvalue weighted by Gasteiger charge is -2.32. The highest BCUT2D eigenvalue weighted by atomic mass is 79.9. The van der Waals surface area contributed by atoms with Crippen LogP contribution in [0.5, 0.6) is 0 Å². The van der Waals surface area contributed by atoms with E-state index in [1.165, 1.54) is 0 Å². The minimum Gasteiger partial charge on any atom is -0.337 e. The van der Waals surface area contributed by atoms with Crippen molar-refractivity contribution >= 4 is 34.2 Å². The van der Waals surface area contributed by atoms with Crippen molar-refractivity contribution in [3.63, 3.8) is 0 Å². The molecule has 128 valence electrons. The highest BCUT2D eigenvalue weighted by molar-refractivity contribution is 9.10. The van der Waals surface area contributed by atoms with Gasteiger partial charge in [0.25, 0.3) is 5.91 Å². The average Bonchev–Trinajstić information content (AvgIpc) is 3.01. The largest absolute Gasteiger partial charge is 0.337 e. The van der Waals surface area contributed by atoms with E-state index < -0.39 is 11.6 Å². The molecule has 2 saturated heterocycles. The molecule has 4 nitrogen and oxygen atoms in total. The Kier molecular flexibility index (Phi) is 6.36. The smallest absolute Gasteiger partial charge is 0.255 e. The Hall–Kier alpha value is -0.760. The summed E-state index contributed by atoms with van der Waals surface area (Å²) in [5.41, 5.74) is 0.180. The number of nitrogens with one attached hydrogen (secondary N) is 1. The Bertz CT molecular complexity index is 584. The second-order valence-electron chi connectivity index (χ2n) is 5.73. The van der Waals surface area contributed by atoms with E-state index >= 15 is 0 Å². The van der Waals surface area contributed by atoms with Crippen LogP contribution in [0.4, 0.5) is 8.78 Å². The molecule has 23 heavy (non-hydrogen) atoms. The van der Waals surface area contributed by atoms with Crippen LogP contribution < -0.4 is 5.32 Å². The Labute approximate surface area is 148 Å². The Morgan fingerprint density at radius 2 is 1.83 bits per heavy atom. The van der Waals surface area contributed by atoms with Gasteiger partial charge in [-0.15, -0.1) is 12.4 Å². The van der Waals surface area contributed by atoms with Crippen molar-refractivity contribution in [3.8, 4) is 0 Å². The summed E-state index contributed by atoms with van der Waals surface area (Å²) in [5, 5.41) is 3.31. The van der Waals surface area contributed by atoms with Crippen LogP contribution in [0.15, 0.2) is 16.6 Å². The fraction of sp³-hybridized carbons (Fsp3) is 0.533. The summed E-state index contributed by atoms with van der Waals surface area (Å²) in [5.74, 6) is -2.20. The highest BCUT2D eigenvalue weighted by Crippen LogP contribution is 2.25. The third-order valence-corrected chi connectivity index (χ3v) is 5.02. The van der Waals surface area contributed by atoms with Crippen molar-refractivity contribution < 1.29 is 13.6 Å². The molecule has 2 aliphatic rings. The SMILES string of the molecule is Cl.O=C(c1cc(F)c(F)cc1Br)N1CCC(N2CCNCC2)C1. The van der Waals surface area contributed by atoms with Gasteiger partial charge in [0.1, 0.15) is 0 Å². The Balaban J connectivity index is 0.00000192. The lowest BCUT2D eigenvalue weighted by Crippen LogP contribution is -2.49. The second-order valence-corrected chi connectivity index (χ2v) is 6.58. The molecule has 8 heteroatoms. The van der Waals surface area contributed by atoms with E-state index in [4.69, 9.17) is 0 Å². The molecule has 2 heterocycles. The molecular weight excluding hydrogens is 392 g/mol. The number of rotatable bonds is 2. The molecule has 0 radical (unpaired) electrons. The van der Waals surface area contributed by atoms with Crippen LogP contribution in [-0.2, 0) is 0 Å². The van der Waals surface area contributed by atoms with Crippen LogP contribution in [-0.4, -0.2) is 61.0 Å². The number of amides is 1. The first-order chi connectivity index (χ1) is 10.6. The van der Waals surface area contributed by atoms with Crippen LogP contribution in [0.2, 0.25) is 0 Å². The van der Waals surface area contributed by atoms with Crippen molar-refractivity contribution in [1.82, 2.24) is 15.1 Å². The van der Waals surface area contributed by atoms with Crippen molar-refractivity contribution in [2.45, 2.75) is 12.5 Å². The van der Waals surface area contributed by atoms with Gasteiger partial charge >= 0.3 is 0 Å². The van der Waals surface area contributed by atoms with Crippen molar-refractivity contribution in [1.29, 1.82) is 0 Å². The minimum absolute atomic E-state index is 0. The molecule has 1 aromatic carbocycles. The number of carbonyl (C=O) groups is 1. The summed E-state index contributed by atoms with van der Waals surface area (Å²) in [4.78, 5) is 16.7. The highest BCUT2D eigenvalue weighted by Gasteiger charge is 2.32. The number of halogens is 4. The Morgan fingerprint density at radius 3 is 2.52 bits per heavy atom. The number of nitrogens with zero attached hydrogens (tertiary/aromatic N) is 2. The summed E-state index contributed by atoms with van der Waals surface area (Å²) in [6.07, 6.45) is 0.924. The first-order valence-electron chi connectivity index (χ1n) is 7.45. The van der Waals surface area contributed by atoms with Gasteiger partial charge in [-0.2, -0.15) is 0 Å². The van der Waals surface area contributed by atoms with Gasteiger partial charge in [0.15, 0.2) is 11.6 Å². The Morgan fingerprint density at radius 1 is 1.17 bits per heavy atom. The number of piperazine rings is 1. The molecule has 0 aromatic heterocycles. The number of likely N-dealkylation sites (tertiary alicyclic amines) is 1. The van der Waals surface area contributed by atoms with E-state index in [0.29, 0.717) is 23.6 Å². The molecule has 0 saturated carbocycles. The number of carbonyl (C=O) groups excluding carboxylic acids is 1. The van der Waals surface area contributed by atoms with Crippen LogP contribution >= 0.6 is 28.3 Å². The summed E-state index contributed by atoms with van der Waals surface area (Å²) < 4.78 is 26.8. The van der Waals surface area contributed by atoms with E-state index in [2.05, 4.69) is 26.1 Å². The van der Waals surface area contributed by atoms with E-state index in [9.17, 15) is 13.6 Å². The lowest BCUT2D eigenvalue weighted by molar-refractivity contribution is 0.0772. The van der Waals surface area contributed by atoms with Gasteiger partial charge in [-0.1, -0.05) is 0 Å². The summed E-state index contributed by atoms with van der Waals surface area (Å²) in [7, 11) is 0. The number of benzene rings is 1. The predicted molar refractivity (Wildman–Crippen MR) is 90.1 cm³/mol. The number of hydrogen-bond donors (Lipinski definition) is 1. The van der Waals surface area contributed by atoms with Crippen LogP contribution in [0, 0.1) is 11.6 Å². The third kappa shape index (κ3) is 4.02. The second kappa shape index (κ2) is 7.88. The zero-order valence-corrected chi connectivity index (χ0v) is 14.9. The van der Waals surface area contributed by atoms with Crippen molar-refractivity contribution in [3.05, 3.63) is 33.8 Å². The lowest BCUT2D eigenvalue weighted by atomic mass is 10.2. The first-order valence-corrected chi connectivity index (χ1v) is 8.24. The molecule has 2 fully saturated rings. The first kappa shape index (κ1) is 18.6. The standard InChI is InChI=1S/C15H18BrF2N3O.ClH/c16-12-8-14(18)13(17)7-11(12)15(22)21-4-1-10(9-21)20-5-2-19-3-6-20;/h7-8,10,19H,1-6,9H2;1H. The van der Waals surface area contributed by atoms with Gasteiger partial charge in [-0.05, 0) is 34.5 Å². The molecule has 1 unspecified atom stereocenters. The maximum Gasteiger partial charge on any atom is 0.255 e. The monoisotopic (exact) mass is 409 g/mol. The summed E-state index contributed by atoms with van der Waals surface area (Å²) >= 11 is 3.15. The van der Waals surface area contributed by atoms with Crippen molar-refractivity contribution in [2.75, 3.05) is 39.3 Å². The van der Waals surface area contributed by atoms with E-state index in [1.807, 2.05) is 0 Å². The molecule has 1 atom stereocenters. The average molecular weight is 411 g/mol. The fourth-order valence-electron chi connectivity index (χ4n) is 3.13. The molecule has 1 N–H and O–H groups in total. The predicted octanol–water partition coefficient (Wildman–Crippen LogP) is 2.27. The molecule has 1 amide bonds. The molecule has 0 bridgehead atoms. The number of hydrogen-bond acceptors (Lipinski definition) is 3. The maximum atomic E-state index is 13.4. The van der Waals surface area contributed by atoms with Gasteiger partial charge in [0, 0.05) is 49.8 Å². The van der Waals surface area contributed by atoms with Gasteiger partial charge in [-0.25, -0.2) is 8.78 Å². The van der Waals surface area contributed by atoms with Crippen molar-refractivity contribution in [2.24, 2.45) is 0 Å². The molecule has 1 aromatic rings. The van der Waals surface area contributed by atoms with Crippen LogP contribution in [0.3, 0.4) is 0 Å². The topological polar surface area (TPSA) is 35.6 Å². The molecule has 3 rings (SSSR count). The van der Waals surface area contributed by atoms with Crippen LogP contribution in [0.1, 0.15) is 16.8 Å². The summed E-state index contributed by atoms with van der Waals surface area (Å²) in [6.45, 7) is 5.21. The summed E-state index contributed by atoms with van der Waals surface area (Å²) in [6, 6.07) is 2.34. The van der Waals surface area contributed by atoms with Crippen LogP contribution in [0.25, 0.3) is 0 Å². The van der Waals surface area contributed by atoms with Gasteiger partial charge in [-0.3, -0.25) is 9.69 Å². The normalized spacial score (nSPS) is 22.0. The molecular formula is C15H19BrClF2N3O. The van der Waals surface area contributed by atoms with E-state index in [0.717, 1.165) is 44.7 Å². The molecule has 2 aliphatic heterocycles. The molecule has 0 aliphatic carbocycles. The minimum atomic E-state index is -0.996. The van der Waals surface area contributed by atoms with Gasteiger partial charge < -0.3 is 10.2 Å². The quantitative estimate of drug-likeness (QED) is 0.760. The molecule has 0 spiro atoms. The maximum absolute atomic E-state index is 13.4. The fourth-order valence-corrected chi connectivity index (χ4v) is 3.61. The van der Waals surface area contributed by atoms with E-state index in [-0.39, 0.29) is 23.9 Å². The van der Waals surface area contributed by atoms with E-state index in [1.54, 1.807) is 4.90 Å². The van der Waals surface area contributed by atoms with Gasteiger partial charge in [0.05, 0.1) is 5.56 Å². The zero-order valence-electron chi connectivity index (χ0n) is 12.5. The zero-order chi connectivity index (χ0) is 15.7. The third-order valence-electron chi connectivity index (χ3n) is 4.36. The van der Waals surface area contributed by atoms with Gasteiger partial charge in [0.2, 0.25) is 0 Å².